The smallest absolute Gasteiger partial charge is 0.257 e. The number of hydrogen-bond acceptors (Lipinski definition) is 5. The molecule has 1 aromatic carbocycles. The van der Waals surface area contributed by atoms with Crippen LogP contribution in [0.15, 0.2) is 71.3 Å². The molecule has 2 aliphatic heterocycles. The Hall–Kier alpha value is -3.20. The van der Waals surface area contributed by atoms with Crippen LogP contribution in [0, 0.1) is 0 Å². The number of hydrogen-bond donors (Lipinski definition) is 1. The highest BCUT2D eigenvalue weighted by Crippen LogP contribution is 2.18. The molecule has 2 aliphatic rings. The quantitative estimate of drug-likeness (QED) is 0.860. The molecule has 27 heavy (non-hydrogen) atoms. The van der Waals surface area contributed by atoms with Crippen molar-refractivity contribution < 1.29 is 13.2 Å². The fraction of sp³-hybridized carbons (Fsp3) is 0.167. The van der Waals surface area contributed by atoms with Gasteiger partial charge >= 0.3 is 0 Å². The van der Waals surface area contributed by atoms with E-state index < -0.39 is 10.0 Å². The Labute approximate surface area is 156 Å². The first-order chi connectivity index (χ1) is 13.0. The number of aromatic nitrogens is 2. The summed E-state index contributed by atoms with van der Waals surface area (Å²) in [5.74, 6) is 0.00473. The minimum absolute atomic E-state index is 0.0635. The van der Waals surface area contributed by atoms with Gasteiger partial charge in [-0.05, 0) is 29.8 Å². The number of anilines is 1. The van der Waals surface area contributed by atoms with Crippen molar-refractivity contribution in [2.75, 3.05) is 17.6 Å². The van der Waals surface area contributed by atoms with Crippen molar-refractivity contribution in [3.63, 3.8) is 0 Å². The first-order valence-corrected chi connectivity index (χ1v) is 9.95. The number of benzene rings is 1. The van der Waals surface area contributed by atoms with Gasteiger partial charge in [0.15, 0.2) is 0 Å². The number of imidazole rings is 1. The van der Waals surface area contributed by atoms with Crippen LogP contribution >= 0.6 is 0 Å². The molecule has 0 radical (unpaired) electrons. The first kappa shape index (κ1) is 17.2. The molecule has 9 heteroatoms. The number of nitrogens with zero attached hydrogens (tertiary/aromatic N) is 4. The van der Waals surface area contributed by atoms with Gasteiger partial charge in [-0.3, -0.25) is 4.79 Å². The summed E-state index contributed by atoms with van der Waals surface area (Å²) >= 11 is 0. The lowest BCUT2D eigenvalue weighted by atomic mass is 10.1. The highest BCUT2D eigenvalue weighted by atomic mass is 32.2. The Morgan fingerprint density at radius 1 is 1.26 bits per heavy atom. The second kappa shape index (κ2) is 6.84. The van der Waals surface area contributed by atoms with Gasteiger partial charge in [0.25, 0.3) is 15.9 Å². The molecule has 8 nitrogen and oxygen atoms in total. The van der Waals surface area contributed by atoms with E-state index in [0.717, 1.165) is 5.56 Å². The van der Waals surface area contributed by atoms with Gasteiger partial charge in [-0.1, -0.05) is 12.1 Å². The summed E-state index contributed by atoms with van der Waals surface area (Å²) in [6.45, 7) is 0.942. The average molecular weight is 383 g/mol. The summed E-state index contributed by atoms with van der Waals surface area (Å²) < 4.78 is 28.8. The van der Waals surface area contributed by atoms with Crippen LogP contribution in [0.5, 0.6) is 0 Å². The number of sulfonamides is 1. The minimum atomic E-state index is -3.41. The summed E-state index contributed by atoms with van der Waals surface area (Å²) in [4.78, 5) is 18.3. The van der Waals surface area contributed by atoms with E-state index >= 15 is 0 Å². The van der Waals surface area contributed by atoms with E-state index in [2.05, 4.69) is 14.7 Å². The Kier molecular flexibility index (Phi) is 4.36. The third-order valence-electron chi connectivity index (χ3n) is 4.20. The molecule has 0 aliphatic carbocycles. The molecule has 0 unspecified atom stereocenters. The van der Waals surface area contributed by atoms with Gasteiger partial charge in [0.05, 0.1) is 17.7 Å². The number of amidine groups is 1. The fourth-order valence-electron chi connectivity index (χ4n) is 2.88. The van der Waals surface area contributed by atoms with Crippen molar-refractivity contribution in [3.8, 4) is 0 Å². The third-order valence-corrected chi connectivity index (χ3v) is 5.36. The standard InChI is InChI=1S/C18H17N5O3S/c24-18(15-4-5-17-21-27(25,26)9-8-23(17)12-15)20-16-3-1-2-14(10-16)11-22-7-6-19-13-22/h1-7,10,12-13H,8-9,11H2,(H,20,24). The monoisotopic (exact) mass is 383 g/mol. The normalized spacial score (nSPS) is 17.7. The van der Waals surface area contributed by atoms with Gasteiger partial charge in [0.1, 0.15) is 5.84 Å². The van der Waals surface area contributed by atoms with E-state index in [1.165, 1.54) is 0 Å². The van der Waals surface area contributed by atoms with E-state index in [1.807, 2.05) is 35.0 Å². The average Bonchev–Trinajstić information content (AvgIpc) is 3.14. The predicted octanol–water partition coefficient (Wildman–Crippen LogP) is 1.37. The molecule has 1 aromatic heterocycles. The summed E-state index contributed by atoms with van der Waals surface area (Å²) in [5.41, 5.74) is 2.16. The highest BCUT2D eigenvalue weighted by molar-refractivity contribution is 7.90. The number of rotatable bonds is 4. The lowest BCUT2D eigenvalue weighted by Crippen LogP contribution is -2.37. The van der Waals surface area contributed by atoms with Crippen LogP contribution < -0.4 is 5.32 Å². The molecule has 3 heterocycles. The summed E-state index contributed by atoms with van der Waals surface area (Å²) in [5, 5.41) is 2.88. The maximum atomic E-state index is 12.6. The van der Waals surface area contributed by atoms with Crippen molar-refractivity contribution in [3.05, 3.63) is 72.5 Å². The molecule has 0 fully saturated rings. The molecule has 0 saturated heterocycles. The molecular formula is C18H17N5O3S. The zero-order chi connectivity index (χ0) is 18.9. The van der Waals surface area contributed by atoms with Crippen molar-refractivity contribution in [1.82, 2.24) is 14.5 Å². The lowest BCUT2D eigenvalue weighted by Gasteiger charge is -2.26. The van der Waals surface area contributed by atoms with Crippen LogP contribution in [-0.2, 0) is 21.4 Å². The SMILES string of the molecule is O=C(Nc1cccc(Cn2ccnc2)c1)C1=CN2CCS(=O)(=O)N=C2C=C1. The van der Waals surface area contributed by atoms with E-state index in [4.69, 9.17) is 0 Å². The molecule has 4 rings (SSSR count). The predicted molar refractivity (Wildman–Crippen MR) is 102 cm³/mol. The van der Waals surface area contributed by atoms with Crippen molar-refractivity contribution in [1.29, 1.82) is 0 Å². The maximum Gasteiger partial charge on any atom is 0.257 e. The van der Waals surface area contributed by atoms with Gasteiger partial charge in [-0.15, -0.1) is 4.40 Å². The third kappa shape index (κ3) is 3.98. The van der Waals surface area contributed by atoms with Gasteiger partial charge in [-0.2, -0.15) is 0 Å². The second-order valence-electron chi connectivity index (χ2n) is 6.24. The Bertz CT molecular complexity index is 1070. The fourth-order valence-corrected chi connectivity index (χ4v) is 3.85. The largest absolute Gasteiger partial charge is 0.333 e. The van der Waals surface area contributed by atoms with Crippen molar-refractivity contribution in [2.45, 2.75) is 6.54 Å². The molecule has 2 aromatic rings. The molecule has 0 bridgehead atoms. The number of carbonyl (C=O) groups is 1. The first-order valence-electron chi connectivity index (χ1n) is 8.34. The highest BCUT2D eigenvalue weighted by Gasteiger charge is 2.25. The Morgan fingerprint density at radius 2 is 2.15 bits per heavy atom. The van der Waals surface area contributed by atoms with Crippen molar-refractivity contribution >= 4 is 27.5 Å². The Morgan fingerprint density at radius 3 is 2.96 bits per heavy atom. The molecule has 0 atom stereocenters. The molecule has 1 amide bonds. The zero-order valence-corrected chi connectivity index (χ0v) is 15.1. The van der Waals surface area contributed by atoms with Crippen LogP contribution in [0.4, 0.5) is 5.69 Å². The van der Waals surface area contributed by atoms with E-state index in [-0.39, 0.29) is 18.2 Å². The molecule has 138 valence electrons. The van der Waals surface area contributed by atoms with Crippen molar-refractivity contribution in [2.24, 2.45) is 4.40 Å². The van der Waals surface area contributed by atoms with Gasteiger partial charge in [0.2, 0.25) is 0 Å². The maximum absolute atomic E-state index is 12.6. The minimum Gasteiger partial charge on any atom is -0.333 e. The summed E-state index contributed by atoms with van der Waals surface area (Å²) in [6.07, 6.45) is 10.1. The van der Waals surface area contributed by atoms with Crippen LogP contribution in [0.2, 0.25) is 0 Å². The van der Waals surface area contributed by atoms with E-state index in [0.29, 0.717) is 23.6 Å². The molecule has 0 saturated carbocycles. The van der Waals surface area contributed by atoms with Gasteiger partial charge in [0, 0.05) is 37.4 Å². The van der Waals surface area contributed by atoms with E-state index in [1.54, 1.807) is 35.8 Å². The van der Waals surface area contributed by atoms with Gasteiger partial charge < -0.3 is 14.8 Å². The lowest BCUT2D eigenvalue weighted by molar-refractivity contribution is -0.112. The van der Waals surface area contributed by atoms with Crippen LogP contribution in [0.3, 0.4) is 0 Å². The number of amides is 1. The topological polar surface area (TPSA) is 96.7 Å². The number of carbonyl (C=O) groups excluding carboxylic acids is 1. The molecule has 1 N–H and O–H groups in total. The number of fused-ring (bicyclic) bond motifs is 1. The molecule has 0 spiro atoms. The second-order valence-corrected chi connectivity index (χ2v) is 7.99. The van der Waals surface area contributed by atoms with E-state index in [9.17, 15) is 13.2 Å². The summed E-state index contributed by atoms with van der Waals surface area (Å²) in [7, 11) is -3.41. The van der Waals surface area contributed by atoms with Crippen LogP contribution in [0.25, 0.3) is 0 Å². The zero-order valence-electron chi connectivity index (χ0n) is 14.3. The van der Waals surface area contributed by atoms with Crippen LogP contribution in [0.1, 0.15) is 5.56 Å². The summed E-state index contributed by atoms with van der Waals surface area (Å²) in [6, 6.07) is 7.59. The molecular weight excluding hydrogens is 366 g/mol. The van der Waals surface area contributed by atoms with Gasteiger partial charge in [-0.25, -0.2) is 13.4 Å². The van der Waals surface area contributed by atoms with Crippen LogP contribution in [-0.4, -0.2) is 46.9 Å². The Balaban J connectivity index is 1.47. The number of nitrogens with one attached hydrogen (secondary N) is 1.